The van der Waals surface area contributed by atoms with Crippen molar-refractivity contribution in [1.29, 1.82) is 0 Å². The minimum absolute atomic E-state index is 0.209. The van der Waals surface area contributed by atoms with Gasteiger partial charge in [0.2, 0.25) is 0 Å². The summed E-state index contributed by atoms with van der Waals surface area (Å²) in [6.07, 6.45) is 10.0. The van der Waals surface area contributed by atoms with E-state index in [1.807, 2.05) is 11.6 Å². The minimum atomic E-state index is -0.209. The normalized spacial score (nSPS) is 14.9. The number of nitrogens with zero attached hydrogens (tertiary/aromatic N) is 5. The lowest BCUT2D eigenvalue weighted by Crippen LogP contribution is -2.30. The first-order valence-corrected chi connectivity index (χ1v) is 9.48. The van der Waals surface area contributed by atoms with Gasteiger partial charge in [0.05, 0.1) is 41.3 Å². The van der Waals surface area contributed by atoms with Gasteiger partial charge in [0.15, 0.2) is 5.65 Å². The summed E-state index contributed by atoms with van der Waals surface area (Å²) in [5, 5.41) is 11.7. The zero-order valence-electron chi connectivity index (χ0n) is 15.8. The molecule has 0 atom stereocenters. The first-order chi connectivity index (χ1) is 13.8. The molecule has 0 aliphatic carbocycles. The Hall–Kier alpha value is -3.07. The smallest absolute Gasteiger partial charge is 0.255 e. The number of amides is 1. The fourth-order valence-electron chi connectivity index (χ4n) is 3.32. The van der Waals surface area contributed by atoms with Gasteiger partial charge in [-0.15, -0.1) is 0 Å². The van der Waals surface area contributed by atoms with E-state index < -0.39 is 0 Å². The monoisotopic (exact) mass is 381 g/mol. The van der Waals surface area contributed by atoms with Crippen molar-refractivity contribution in [3.05, 3.63) is 42.2 Å². The predicted octanol–water partition coefficient (Wildman–Crippen LogP) is 1.76. The Morgan fingerprint density at radius 3 is 2.82 bits per heavy atom. The van der Waals surface area contributed by atoms with Crippen LogP contribution in [0.25, 0.3) is 11.0 Å². The lowest BCUT2D eigenvalue weighted by atomic mass is 10.1. The molecule has 3 aromatic heterocycles. The van der Waals surface area contributed by atoms with E-state index in [2.05, 4.69) is 30.7 Å². The van der Waals surface area contributed by atoms with Gasteiger partial charge in [0, 0.05) is 44.4 Å². The maximum absolute atomic E-state index is 12.9. The van der Waals surface area contributed by atoms with Crippen LogP contribution in [0.4, 0.5) is 5.69 Å². The minimum Gasteiger partial charge on any atom is -0.381 e. The van der Waals surface area contributed by atoms with Crippen LogP contribution in [0.5, 0.6) is 0 Å². The molecular formula is C19H23N7O2. The molecular weight excluding hydrogens is 358 g/mol. The molecule has 1 fully saturated rings. The zero-order chi connectivity index (χ0) is 19.3. The van der Waals surface area contributed by atoms with E-state index in [9.17, 15) is 4.79 Å². The van der Waals surface area contributed by atoms with Gasteiger partial charge in [-0.05, 0) is 19.8 Å². The Morgan fingerprint density at radius 1 is 1.21 bits per heavy atom. The second-order valence-electron chi connectivity index (χ2n) is 6.65. The first kappa shape index (κ1) is 18.3. The van der Waals surface area contributed by atoms with E-state index in [-0.39, 0.29) is 11.9 Å². The zero-order valence-corrected chi connectivity index (χ0v) is 15.8. The number of hydrogen-bond acceptors (Lipinski definition) is 7. The van der Waals surface area contributed by atoms with Crippen molar-refractivity contribution in [1.82, 2.24) is 30.0 Å². The summed E-state index contributed by atoms with van der Waals surface area (Å²) >= 11 is 0. The number of ether oxygens (including phenoxy) is 1. The molecule has 1 amide bonds. The highest BCUT2D eigenvalue weighted by Gasteiger charge is 2.22. The fraction of sp³-hybridized carbons (Fsp3) is 0.421. The largest absolute Gasteiger partial charge is 0.381 e. The number of pyridine rings is 1. The molecule has 1 saturated heterocycles. The van der Waals surface area contributed by atoms with Crippen molar-refractivity contribution < 1.29 is 9.53 Å². The molecule has 4 heterocycles. The third kappa shape index (κ3) is 3.79. The molecule has 9 heteroatoms. The van der Waals surface area contributed by atoms with Crippen LogP contribution in [-0.4, -0.2) is 49.9 Å². The molecule has 1 aliphatic rings. The summed E-state index contributed by atoms with van der Waals surface area (Å²) in [7, 11) is 0. The molecule has 1 aliphatic heterocycles. The SMILES string of the molecule is CCn1ncc2c(NC3CCOCC3)c(C(=O)NCc3cnccn3)cnc21. The molecule has 3 aromatic rings. The van der Waals surface area contributed by atoms with Crippen LogP contribution in [-0.2, 0) is 17.8 Å². The molecule has 0 spiro atoms. The summed E-state index contributed by atoms with van der Waals surface area (Å²) in [6, 6.07) is 0.246. The maximum Gasteiger partial charge on any atom is 0.255 e. The second kappa shape index (κ2) is 8.30. The van der Waals surface area contributed by atoms with Crippen molar-refractivity contribution in [2.75, 3.05) is 18.5 Å². The molecule has 0 bridgehead atoms. The molecule has 0 radical (unpaired) electrons. The van der Waals surface area contributed by atoms with Crippen molar-refractivity contribution in [3.8, 4) is 0 Å². The van der Waals surface area contributed by atoms with Gasteiger partial charge in [0.25, 0.3) is 5.91 Å². The summed E-state index contributed by atoms with van der Waals surface area (Å²) in [5.74, 6) is -0.209. The standard InChI is InChI=1S/C19H23N7O2/c1-2-26-18-15(12-24-26)17(25-13-3-7-28-8-4-13)16(11-22-18)19(27)23-10-14-9-20-5-6-21-14/h5-6,9,11-13H,2-4,7-8,10H2,1H3,(H,22,25)(H,23,27). The summed E-state index contributed by atoms with van der Waals surface area (Å²) < 4.78 is 7.28. The highest BCUT2D eigenvalue weighted by molar-refractivity contribution is 6.06. The van der Waals surface area contributed by atoms with Gasteiger partial charge in [-0.1, -0.05) is 0 Å². The van der Waals surface area contributed by atoms with Gasteiger partial charge >= 0.3 is 0 Å². The molecule has 146 valence electrons. The molecule has 0 unspecified atom stereocenters. The van der Waals surface area contributed by atoms with Gasteiger partial charge in [-0.2, -0.15) is 5.10 Å². The Bertz CT molecular complexity index is 952. The molecule has 2 N–H and O–H groups in total. The summed E-state index contributed by atoms with van der Waals surface area (Å²) in [6.45, 7) is 4.46. The van der Waals surface area contributed by atoms with Gasteiger partial charge < -0.3 is 15.4 Å². The number of rotatable bonds is 6. The van der Waals surface area contributed by atoms with Gasteiger partial charge in [-0.3, -0.25) is 14.8 Å². The van der Waals surface area contributed by atoms with E-state index in [0.717, 1.165) is 29.6 Å². The molecule has 0 aromatic carbocycles. The third-order valence-corrected chi connectivity index (χ3v) is 4.83. The predicted molar refractivity (Wildman–Crippen MR) is 104 cm³/mol. The highest BCUT2D eigenvalue weighted by atomic mass is 16.5. The average molecular weight is 381 g/mol. The van der Waals surface area contributed by atoms with E-state index in [1.54, 1.807) is 31.0 Å². The van der Waals surface area contributed by atoms with E-state index in [1.165, 1.54) is 0 Å². The van der Waals surface area contributed by atoms with Crippen molar-refractivity contribution in [2.45, 2.75) is 38.9 Å². The molecule has 9 nitrogen and oxygen atoms in total. The average Bonchev–Trinajstić information content (AvgIpc) is 3.17. The topological polar surface area (TPSA) is 107 Å². The van der Waals surface area contributed by atoms with Gasteiger partial charge in [0.1, 0.15) is 0 Å². The Morgan fingerprint density at radius 2 is 2.07 bits per heavy atom. The number of aromatic nitrogens is 5. The quantitative estimate of drug-likeness (QED) is 0.670. The maximum atomic E-state index is 12.9. The lowest BCUT2D eigenvalue weighted by Gasteiger charge is -2.25. The van der Waals surface area contributed by atoms with Gasteiger partial charge in [-0.25, -0.2) is 9.67 Å². The Labute approximate surface area is 162 Å². The molecule has 28 heavy (non-hydrogen) atoms. The molecule has 4 rings (SSSR count). The highest BCUT2D eigenvalue weighted by Crippen LogP contribution is 2.28. The van der Waals surface area contributed by atoms with Crippen LogP contribution >= 0.6 is 0 Å². The first-order valence-electron chi connectivity index (χ1n) is 9.48. The van der Waals surface area contributed by atoms with Crippen LogP contribution in [0.15, 0.2) is 31.0 Å². The summed E-state index contributed by atoms with van der Waals surface area (Å²) in [5.41, 5.74) is 2.73. The van der Waals surface area contributed by atoms with E-state index >= 15 is 0 Å². The number of nitrogens with one attached hydrogen (secondary N) is 2. The number of anilines is 1. The van der Waals surface area contributed by atoms with E-state index in [4.69, 9.17) is 4.74 Å². The van der Waals surface area contributed by atoms with Crippen molar-refractivity contribution >= 4 is 22.6 Å². The number of aryl methyl sites for hydroxylation is 1. The number of fused-ring (bicyclic) bond motifs is 1. The second-order valence-corrected chi connectivity index (χ2v) is 6.65. The van der Waals surface area contributed by atoms with Crippen LogP contribution in [0, 0.1) is 0 Å². The van der Waals surface area contributed by atoms with Crippen LogP contribution in [0.3, 0.4) is 0 Å². The summed E-state index contributed by atoms with van der Waals surface area (Å²) in [4.78, 5) is 25.6. The Kier molecular flexibility index (Phi) is 5.43. The number of carbonyl (C=O) groups is 1. The fourth-order valence-corrected chi connectivity index (χ4v) is 3.32. The van der Waals surface area contributed by atoms with Crippen molar-refractivity contribution in [2.24, 2.45) is 0 Å². The van der Waals surface area contributed by atoms with Crippen LogP contribution in [0.2, 0.25) is 0 Å². The lowest BCUT2D eigenvalue weighted by molar-refractivity contribution is 0.0904. The van der Waals surface area contributed by atoms with E-state index in [0.29, 0.717) is 37.6 Å². The van der Waals surface area contributed by atoms with Crippen LogP contribution in [0.1, 0.15) is 35.8 Å². The third-order valence-electron chi connectivity index (χ3n) is 4.83. The number of hydrogen-bond donors (Lipinski definition) is 2. The Balaban J connectivity index is 1.63. The molecule has 0 saturated carbocycles. The van der Waals surface area contributed by atoms with Crippen LogP contribution < -0.4 is 10.6 Å². The number of carbonyl (C=O) groups excluding carboxylic acids is 1. The van der Waals surface area contributed by atoms with Crippen molar-refractivity contribution in [3.63, 3.8) is 0 Å².